The fourth-order valence-electron chi connectivity index (χ4n) is 2.76. The summed E-state index contributed by atoms with van der Waals surface area (Å²) in [6, 6.07) is 14.1. The number of nitrogens with zero attached hydrogens (tertiary/aromatic N) is 2. The van der Waals surface area contributed by atoms with E-state index in [9.17, 15) is 9.59 Å². The number of aromatic nitrogens is 2. The maximum absolute atomic E-state index is 12.5. The number of anilines is 1. The van der Waals surface area contributed by atoms with Crippen molar-refractivity contribution in [1.29, 1.82) is 0 Å². The van der Waals surface area contributed by atoms with Crippen molar-refractivity contribution in [3.05, 3.63) is 64.9 Å². The summed E-state index contributed by atoms with van der Waals surface area (Å²) in [7, 11) is 3.00. The van der Waals surface area contributed by atoms with E-state index >= 15 is 0 Å². The van der Waals surface area contributed by atoms with Crippen molar-refractivity contribution in [2.24, 2.45) is 0 Å². The van der Waals surface area contributed by atoms with Gasteiger partial charge < -0.3 is 19.5 Å². The molecule has 0 spiro atoms. The van der Waals surface area contributed by atoms with Gasteiger partial charge in [0.1, 0.15) is 22.2 Å². The van der Waals surface area contributed by atoms with Gasteiger partial charge in [-0.05, 0) is 31.2 Å². The van der Waals surface area contributed by atoms with Gasteiger partial charge in [-0.15, -0.1) is 0 Å². The second-order valence-electron chi connectivity index (χ2n) is 6.19. The average molecular weight is 430 g/mol. The summed E-state index contributed by atoms with van der Waals surface area (Å²) in [6.45, 7) is 1.14. The van der Waals surface area contributed by atoms with Crippen molar-refractivity contribution in [2.45, 2.75) is 6.92 Å². The number of ether oxygens (including phenoxy) is 3. The van der Waals surface area contributed by atoms with E-state index in [1.807, 2.05) is 30.3 Å². The number of methoxy groups -OCH3 is 2. The molecule has 0 atom stereocenters. The third kappa shape index (κ3) is 4.55. The van der Waals surface area contributed by atoms with Crippen LogP contribution >= 0.6 is 11.6 Å². The van der Waals surface area contributed by atoms with Crippen molar-refractivity contribution < 1.29 is 23.8 Å². The van der Waals surface area contributed by atoms with Crippen LogP contribution in [0.4, 0.5) is 5.69 Å². The Hall–Kier alpha value is -3.52. The van der Waals surface area contributed by atoms with Crippen LogP contribution < -0.4 is 14.8 Å². The summed E-state index contributed by atoms with van der Waals surface area (Å²) in [5.74, 6) is -0.276. The summed E-state index contributed by atoms with van der Waals surface area (Å²) in [5, 5.41) is 7.03. The highest BCUT2D eigenvalue weighted by molar-refractivity contribution is 6.33. The minimum absolute atomic E-state index is 0.107. The molecule has 0 saturated heterocycles. The van der Waals surface area contributed by atoms with Crippen LogP contribution in [0.15, 0.2) is 48.5 Å². The molecule has 1 N–H and O–H groups in total. The van der Waals surface area contributed by atoms with Crippen molar-refractivity contribution in [2.75, 3.05) is 26.1 Å². The maximum atomic E-state index is 12.5. The first-order chi connectivity index (χ1) is 14.4. The highest BCUT2D eigenvalue weighted by Gasteiger charge is 2.23. The standard InChI is InChI=1S/C21H20ClN3O5/c1-13-19(20(22)25(24-13)14-7-5-4-6-8-14)21(27)30-12-18(26)23-16-10-9-15(28-2)11-17(16)29-3/h4-11H,12H2,1-3H3,(H,23,26). The molecule has 0 saturated carbocycles. The summed E-state index contributed by atoms with van der Waals surface area (Å²) >= 11 is 6.34. The molecule has 0 aliphatic heterocycles. The zero-order chi connectivity index (χ0) is 21.7. The lowest BCUT2D eigenvalue weighted by molar-refractivity contribution is -0.119. The Morgan fingerprint density at radius 1 is 1.10 bits per heavy atom. The van der Waals surface area contributed by atoms with Gasteiger partial charge >= 0.3 is 5.97 Å². The molecule has 0 fully saturated rings. The van der Waals surface area contributed by atoms with E-state index in [1.165, 1.54) is 18.9 Å². The Labute approximate surface area is 178 Å². The predicted molar refractivity (Wildman–Crippen MR) is 112 cm³/mol. The van der Waals surface area contributed by atoms with Gasteiger partial charge in [0.25, 0.3) is 5.91 Å². The summed E-state index contributed by atoms with van der Waals surface area (Å²) in [6.07, 6.45) is 0. The lowest BCUT2D eigenvalue weighted by Crippen LogP contribution is -2.21. The van der Waals surface area contributed by atoms with Crippen LogP contribution in [0.2, 0.25) is 5.15 Å². The minimum Gasteiger partial charge on any atom is -0.497 e. The number of hydrogen-bond acceptors (Lipinski definition) is 6. The summed E-state index contributed by atoms with van der Waals surface area (Å²) < 4.78 is 16.9. The van der Waals surface area contributed by atoms with Gasteiger partial charge in [0.15, 0.2) is 6.61 Å². The van der Waals surface area contributed by atoms with Crippen LogP contribution in [0, 0.1) is 6.92 Å². The molecule has 30 heavy (non-hydrogen) atoms. The number of amides is 1. The van der Waals surface area contributed by atoms with Crippen molar-refractivity contribution >= 4 is 29.2 Å². The molecular weight excluding hydrogens is 410 g/mol. The number of halogens is 1. The number of hydrogen-bond donors (Lipinski definition) is 1. The maximum Gasteiger partial charge on any atom is 0.343 e. The van der Waals surface area contributed by atoms with E-state index in [0.29, 0.717) is 28.6 Å². The molecule has 1 amide bonds. The normalized spacial score (nSPS) is 10.4. The van der Waals surface area contributed by atoms with E-state index in [-0.39, 0.29) is 10.7 Å². The first-order valence-electron chi connectivity index (χ1n) is 8.94. The minimum atomic E-state index is -0.739. The molecule has 3 aromatic rings. The van der Waals surface area contributed by atoms with Crippen LogP contribution in [-0.4, -0.2) is 42.5 Å². The molecule has 9 heteroatoms. The van der Waals surface area contributed by atoms with Crippen LogP contribution in [0.25, 0.3) is 5.69 Å². The third-order valence-electron chi connectivity index (χ3n) is 4.23. The summed E-state index contributed by atoms with van der Waals surface area (Å²) in [5.41, 5.74) is 1.63. The average Bonchev–Trinajstić information content (AvgIpc) is 3.06. The molecule has 0 aliphatic rings. The fraction of sp³-hybridized carbons (Fsp3) is 0.190. The first kappa shape index (κ1) is 21.2. The van der Waals surface area contributed by atoms with Crippen LogP contribution in [0.3, 0.4) is 0 Å². The number of carbonyl (C=O) groups excluding carboxylic acids is 2. The first-order valence-corrected chi connectivity index (χ1v) is 9.32. The number of para-hydroxylation sites is 1. The number of aryl methyl sites for hydroxylation is 1. The molecular formula is C21H20ClN3O5. The number of benzene rings is 2. The Morgan fingerprint density at radius 3 is 2.50 bits per heavy atom. The molecule has 0 aliphatic carbocycles. The monoisotopic (exact) mass is 429 g/mol. The van der Waals surface area contributed by atoms with Gasteiger partial charge in [0.2, 0.25) is 0 Å². The molecule has 2 aromatic carbocycles. The molecule has 156 valence electrons. The molecule has 1 aromatic heterocycles. The molecule has 0 radical (unpaired) electrons. The lowest BCUT2D eigenvalue weighted by Gasteiger charge is -2.11. The number of esters is 1. The van der Waals surface area contributed by atoms with Gasteiger partial charge in [-0.2, -0.15) is 5.10 Å². The van der Waals surface area contributed by atoms with E-state index in [0.717, 1.165) is 0 Å². The van der Waals surface area contributed by atoms with Gasteiger partial charge in [0, 0.05) is 6.07 Å². The molecule has 8 nitrogen and oxygen atoms in total. The van der Waals surface area contributed by atoms with Gasteiger partial charge in [-0.1, -0.05) is 29.8 Å². The predicted octanol–water partition coefficient (Wildman–Crippen LogP) is 3.65. The smallest absolute Gasteiger partial charge is 0.343 e. The summed E-state index contributed by atoms with van der Waals surface area (Å²) in [4.78, 5) is 24.8. The Balaban J connectivity index is 1.68. The van der Waals surface area contributed by atoms with Crippen LogP contribution in [0.5, 0.6) is 11.5 Å². The highest BCUT2D eigenvalue weighted by atomic mass is 35.5. The van der Waals surface area contributed by atoms with Crippen LogP contribution in [-0.2, 0) is 9.53 Å². The zero-order valence-corrected chi connectivity index (χ0v) is 17.4. The van der Waals surface area contributed by atoms with Crippen LogP contribution in [0.1, 0.15) is 16.1 Å². The molecule has 0 bridgehead atoms. The topological polar surface area (TPSA) is 91.7 Å². The SMILES string of the molecule is COc1ccc(NC(=O)COC(=O)c2c(C)nn(-c3ccccc3)c2Cl)c(OC)c1. The highest BCUT2D eigenvalue weighted by Crippen LogP contribution is 2.29. The van der Waals surface area contributed by atoms with Crippen molar-refractivity contribution in [3.8, 4) is 17.2 Å². The number of rotatable bonds is 7. The second kappa shape index (κ2) is 9.32. The fourth-order valence-corrected chi connectivity index (χ4v) is 3.11. The quantitative estimate of drug-likeness (QED) is 0.576. The molecule has 3 rings (SSSR count). The van der Waals surface area contributed by atoms with E-state index < -0.39 is 18.5 Å². The zero-order valence-electron chi connectivity index (χ0n) is 16.6. The van der Waals surface area contributed by atoms with Gasteiger partial charge in [-0.3, -0.25) is 4.79 Å². The van der Waals surface area contributed by atoms with E-state index in [1.54, 1.807) is 25.1 Å². The van der Waals surface area contributed by atoms with E-state index in [2.05, 4.69) is 10.4 Å². The van der Waals surface area contributed by atoms with Gasteiger partial charge in [-0.25, -0.2) is 9.48 Å². The lowest BCUT2D eigenvalue weighted by atomic mass is 10.2. The van der Waals surface area contributed by atoms with Crippen molar-refractivity contribution in [1.82, 2.24) is 9.78 Å². The van der Waals surface area contributed by atoms with Crippen molar-refractivity contribution in [3.63, 3.8) is 0 Å². The second-order valence-corrected chi connectivity index (χ2v) is 6.55. The Morgan fingerprint density at radius 2 is 1.83 bits per heavy atom. The number of carbonyl (C=O) groups is 2. The molecule has 1 heterocycles. The Bertz CT molecular complexity index is 1070. The van der Waals surface area contributed by atoms with Gasteiger partial charge in [0.05, 0.1) is 31.3 Å². The van der Waals surface area contributed by atoms with E-state index in [4.69, 9.17) is 25.8 Å². The third-order valence-corrected chi connectivity index (χ3v) is 4.58. The largest absolute Gasteiger partial charge is 0.497 e. The number of nitrogens with one attached hydrogen (secondary N) is 1. The molecule has 0 unspecified atom stereocenters. The Kier molecular flexibility index (Phi) is 6.58.